The first-order chi connectivity index (χ1) is 11.2. The van der Waals surface area contributed by atoms with Gasteiger partial charge >= 0.3 is 0 Å². The van der Waals surface area contributed by atoms with Crippen molar-refractivity contribution in [1.29, 1.82) is 0 Å². The van der Waals surface area contributed by atoms with Gasteiger partial charge in [0.05, 0.1) is 0 Å². The molecule has 0 spiro atoms. The minimum atomic E-state index is 0.435. The van der Waals surface area contributed by atoms with Gasteiger partial charge in [0.15, 0.2) is 5.96 Å². The molecule has 0 saturated carbocycles. The number of nitrogens with one attached hydrogen (secondary N) is 2. The number of fused-ring (bicyclic) bond motifs is 1. The second kappa shape index (κ2) is 7.48. The normalized spacial score (nSPS) is 11.8. The number of hydrogen-bond donors (Lipinski definition) is 4. The second-order valence-corrected chi connectivity index (χ2v) is 6.47. The fourth-order valence-electron chi connectivity index (χ4n) is 2.29. The topological polar surface area (TPSA) is 66.2 Å². The van der Waals surface area contributed by atoms with E-state index in [0.29, 0.717) is 12.5 Å². The third-order valence-electron chi connectivity index (χ3n) is 3.45. The lowest BCUT2D eigenvalue weighted by Gasteiger charge is -2.05. The molecule has 0 aliphatic heterocycles. The van der Waals surface area contributed by atoms with E-state index in [1.54, 1.807) is 0 Å². The Morgan fingerprint density at radius 1 is 1.17 bits per heavy atom. The van der Waals surface area contributed by atoms with Crippen molar-refractivity contribution >= 4 is 41.4 Å². The molecule has 0 aliphatic rings. The molecule has 0 atom stereocenters. The number of aromatic nitrogens is 1. The summed E-state index contributed by atoms with van der Waals surface area (Å²) >= 11 is 5.70. The number of benzene rings is 2. The number of H-pyrrole nitrogens is 1. The number of guanidine groups is 1. The molecular weight excluding hydrogens is 324 g/mol. The van der Waals surface area contributed by atoms with E-state index in [4.69, 9.17) is 5.73 Å². The van der Waals surface area contributed by atoms with E-state index < -0.39 is 0 Å². The molecular formula is C17H18N4S2. The number of para-hydroxylation sites is 1. The van der Waals surface area contributed by atoms with Gasteiger partial charge in [-0.25, -0.2) is 0 Å². The molecule has 6 heteroatoms. The van der Waals surface area contributed by atoms with E-state index in [-0.39, 0.29) is 0 Å². The van der Waals surface area contributed by atoms with Crippen LogP contribution in [0, 0.1) is 0 Å². The van der Waals surface area contributed by atoms with Gasteiger partial charge in [0, 0.05) is 33.4 Å². The maximum absolute atomic E-state index is 5.90. The van der Waals surface area contributed by atoms with Crippen LogP contribution in [0.1, 0.15) is 5.56 Å². The largest absolute Gasteiger partial charge is 0.369 e. The first kappa shape index (κ1) is 15.8. The van der Waals surface area contributed by atoms with E-state index in [9.17, 15) is 0 Å². The standard InChI is InChI=1S/C17H18N4S2/c18-17(21-23-14-7-5-13(22)6-8-14)19-10-9-12-11-20-16-4-2-1-3-15(12)16/h1-8,11,20,22H,9-10H2,(H3,18,19,21). The summed E-state index contributed by atoms with van der Waals surface area (Å²) in [6, 6.07) is 16.1. The quantitative estimate of drug-likeness (QED) is 0.248. The molecule has 23 heavy (non-hydrogen) atoms. The number of hydrogen-bond acceptors (Lipinski definition) is 3. The van der Waals surface area contributed by atoms with Gasteiger partial charge in [-0.05, 0) is 54.3 Å². The number of nitrogens with zero attached hydrogens (tertiary/aromatic N) is 1. The van der Waals surface area contributed by atoms with Crippen molar-refractivity contribution < 1.29 is 0 Å². The molecule has 0 radical (unpaired) electrons. The Morgan fingerprint density at radius 2 is 1.96 bits per heavy atom. The lowest BCUT2D eigenvalue weighted by atomic mass is 10.1. The monoisotopic (exact) mass is 342 g/mol. The molecule has 118 valence electrons. The van der Waals surface area contributed by atoms with Crippen molar-refractivity contribution in [2.75, 3.05) is 6.54 Å². The fraction of sp³-hybridized carbons (Fsp3) is 0.118. The molecule has 0 saturated heterocycles. The van der Waals surface area contributed by atoms with Crippen molar-refractivity contribution in [3.63, 3.8) is 0 Å². The van der Waals surface area contributed by atoms with Gasteiger partial charge in [0.25, 0.3) is 0 Å². The van der Waals surface area contributed by atoms with Crippen molar-refractivity contribution in [2.24, 2.45) is 10.7 Å². The number of rotatable bonds is 5. The zero-order valence-electron chi connectivity index (χ0n) is 12.5. The first-order valence-corrected chi connectivity index (χ1v) is 8.55. The van der Waals surface area contributed by atoms with Crippen molar-refractivity contribution in [3.05, 3.63) is 60.3 Å². The van der Waals surface area contributed by atoms with Crippen LogP contribution in [0.25, 0.3) is 10.9 Å². The smallest absolute Gasteiger partial charge is 0.199 e. The van der Waals surface area contributed by atoms with Crippen molar-refractivity contribution in [1.82, 2.24) is 9.71 Å². The summed E-state index contributed by atoms with van der Waals surface area (Å²) in [4.78, 5) is 9.65. The molecule has 1 aromatic heterocycles. The highest BCUT2D eigenvalue weighted by Crippen LogP contribution is 2.18. The maximum atomic E-state index is 5.90. The van der Waals surface area contributed by atoms with E-state index in [1.807, 2.05) is 42.6 Å². The molecule has 0 unspecified atom stereocenters. The van der Waals surface area contributed by atoms with Gasteiger partial charge in [-0.15, -0.1) is 12.6 Å². The Bertz CT molecular complexity index is 809. The van der Waals surface area contributed by atoms with Gasteiger partial charge in [-0.3, -0.25) is 9.71 Å². The minimum Gasteiger partial charge on any atom is -0.369 e. The number of nitrogens with two attached hydrogens (primary N) is 1. The lowest BCUT2D eigenvalue weighted by molar-refractivity contribution is 0.966. The minimum absolute atomic E-state index is 0.435. The van der Waals surface area contributed by atoms with Crippen LogP contribution in [0.3, 0.4) is 0 Å². The average molecular weight is 342 g/mol. The van der Waals surface area contributed by atoms with Gasteiger partial charge < -0.3 is 10.7 Å². The molecule has 2 aromatic carbocycles. The van der Waals surface area contributed by atoms with Crippen LogP contribution >= 0.6 is 24.6 Å². The maximum Gasteiger partial charge on any atom is 0.199 e. The summed E-state index contributed by atoms with van der Waals surface area (Å²) in [6.45, 7) is 0.650. The summed E-state index contributed by atoms with van der Waals surface area (Å²) in [5.41, 5.74) is 8.31. The van der Waals surface area contributed by atoms with Gasteiger partial charge in [0.2, 0.25) is 0 Å². The Morgan fingerprint density at radius 3 is 2.78 bits per heavy atom. The SMILES string of the molecule is NC(=NCCc1c[nH]c2ccccc12)NSc1ccc(S)cc1. The van der Waals surface area contributed by atoms with E-state index in [2.05, 4.69) is 39.5 Å². The van der Waals surface area contributed by atoms with Crippen LogP contribution in [-0.2, 0) is 6.42 Å². The Balaban J connectivity index is 1.52. The number of aromatic amines is 1. The van der Waals surface area contributed by atoms with E-state index >= 15 is 0 Å². The fourth-order valence-corrected chi connectivity index (χ4v) is 3.00. The predicted molar refractivity (Wildman–Crippen MR) is 101 cm³/mol. The highest BCUT2D eigenvalue weighted by Gasteiger charge is 2.02. The molecule has 3 rings (SSSR count). The highest BCUT2D eigenvalue weighted by molar-refractivity contribution is 7.98. The third kappa shape index (κ3) is 4.24. The summed E-state index contributed by atoms with van der Waals surface area (Å²) in [7, 11) is 0. The predicted octanol–water partition coefficient (Wildman–Crippen LogP) is 3.61. The molecule has 0 fully saturated rings. The Hall–Kier alpha value is -2.05. The molecule has 3 aromatic rings. The number of thiol groups is 1. The molecule has 0 bridgehead atoms. The van der Waals surface area contributed by atoms with Crippen LogP contribution in [0.15, 0.2) is 69.5 Å². The van der Waals surface area contributed by atoms with Gasteiger partial charge in [-0.1, -0.05) is 18.2 Å². The highest BCUT2D eigenvalue weighted by atomic mass is 32.2. The first-order valence-electron chi connectivity index (χ1n) is 7.29. The number of aliphatic imine (C=N–C) groups is 1. The van der Waals surface area contributed by atoms with E-state index in [1.165, 1.54) is 22.9 Å². The van der Waals surface area contributed by atoms with Gasteiger partial charge in [0.1, 0.15) is 0 Å². The molecule has 1 heterocycles. The van der Waals surface area contributed by atoms with E-state index in [0.717, 1.165) is 21.7 Å². The van der Waals surface area contributed by atoms with Crippen molar-refractivity contribution in [3.8, 4) is 0 Å². The van der Waals surface area contributed by atoms with Crippen molar-refractivity contribution in [2.45, 2.75) is 16.2 Å². The van der Waals surface area contributed by atoms with Gasteiger partial charge in [-0.2, -0.15) is 0 Å². The lowest BCUT2D eigenvalue weighted by Crippen LogP contribution is -2.26. The Kier molecular flexibility index (Phi) is 5.15. The summed E-state index contributed by atoms with van der Waals surface area (Å²) < 4.78 is 3.05. The third-order valence-corrected chi connectivity index (χ3v) is 4.57. The molecule has 4 nitrogen and oxygen atoms in total. The zero-order valence-corrected chi connectivity index (χ0v) is 14.2. The summed E-state index contributed by atoms with van der Waals surface area (Å²) in [5, 5.41) is 1.25. The van der Waals surface area contributed by atoms with Crippen LogP contribution in [-0.4, -0.2) is 17.5 Å². The zero-order chi connectivity index (χ0) is 16.1. The summed E-state index contributed by atoms with van der Waals surface area (Å²) in [5.74, 6) is 0.435. The Labute approximate surface area is 145 Å². The van der Waals surface area contributed by atoms with Crippen LogP contribution in [0.2, 0.25) is 0 Å². The van der Waals surface area contributed by atoms with Crippen LogP contribution < -0.4 is 10.5 Å². The molecule has 0 aliphatic carbocycles. The summed E-state index contributed by atoms with van der Waals surface area (Å²) in [6.07, 6.45) is 2.89. The molecule has 0 amide bonds. The molecule has 4 N–H and O–H groups in total. The average Bonchev–Trinajstić information content (AvgIpc) is 2.98. The van der Waals surface area contributed by atoms with Crippen LogP contribution in [0.4, 0.5) is 0 Å². The second-order valence-electron chi connectivity index (χ2n) is 5.07. The van der Waals surface area contributed by atoms with Crippen LogP contribution in [0.5, 0.6) is 0 Å².